The SMILES string of the molecule is CC1OC(=O)C2=C1CS[C@H]([C@H](N)C(=O)O)N2. The second-order valence-corrected chi connectivity index (χ2v) is 4.82. The van der Waals surface area contributed by atoms with Crippen LogP contribution in [0.3, 0.4) is 0 Å². The van der Waals surface area contributed by atoms with Gasteiger partial charge in [-0.05, 0) is 6.92 Å². The highest BCUT2D eigenvalue weighted by Gasteiger charge is 2.38. The van der Waals surface area contributed by atoms with Gasteiger partial charge in [0, 0.05) is 11.3 Å². The Morgan fingerprint density at radius 3 is 3.06 bits per heavy atom. The van der Waals surface area contributed by atoms with Gasteiger partial charge in [0.25, 0.3) is 0 Å². The van der Waals surface area contributed by atoms with Gasteiger partial charge in [0.05, 0.1) is 5.37 Å². The standard InChI is InChI=1S/C9H12N2O4S/c1-3-4-2-16-7(5(10)8(12)13)11-6(4)9(14)15-3/h3,5,7,11H,2,10H2,1H3,(H,12,13)/t3?,5-,7+/m0/s1. The molecule has 88 valence electrons. The van der Waals surface area contributed by atoms with Crippen LogP contribution in [0.25, 0.3) is 0 Å². The van der Waals surface area contributed by atoms with Crippen molar-refractivity contribution in [3.05, 3.63) is 11.3 Å². The first kappa shape index (κ1) is 11.3. The second-order valence-electron chi connectivity index (χ2n) is 3.69. The number of carboxylic acid groups (broad SMARTS) is 1. The largest absolute Gasteiger partial charge is 0.480 e. The van der Waals surface area contributed by atoms with Crippen molar-refractivity contribution in [2.45, 2.75) is 24.4 Å². The molecule has 0 saturated heterocycles. The lowest BCUT2D eigenvalue weighted by Crippen LogP contribution is -2.49. The normalized spacial score (nSPS) is 30.5. The highest BCUT2D eigenvalue weighted by Crippen LogP contribution is 2.31. The summed E-state index contributed by atoms with van der Waals surface area (Å²) in [7, 11) is 0. The smallest absolute Gasteiger partial charge is 0.355 e. The molecule has 16 heavy (non-hydrogen) atoms. The van der Waals surface area contributed by atoms with E-state index >= 15 is 0 Å². The number of thioether (sulfide) groups is 1. The van der Waals surface area contributed by atoms with Crippen molar-refractivity contribution in [3.8, 4) is 0 Å². The quantitative estimate of drug-likeness (QED) is 0.550. The number of carbonyl (C=O) groups excluding carboxylic acids is 1. The van der Waals surface area contributed by atoms with Crippen LogP contribution in [0.4, 0.5) is 0 Å². The number of rotatable bonds is 2. The third kappa shape index (κ3) is 1.76. The highest BCUT2D eigenvalue weighted by molar-refractivity contribution is 8.00. The van der Waals surface area contributed by atoms with Gasteiger partial charge in [0.2, 0.25) is 0 Å². The molecule has 0 spiro atoms. The van der Waals surface area contributed by atoms with E-state index in [4.69, 9.17) is 15.6 Å². The van der Waals surface area contributed by atoms with E-state index in [1.165, 1.54) is 11.8 Å². The molecule has 0 amide bonds. The molecule has 3 atom stereocenters. The van der Waals surface area contributed by atoms with Gasteiger partial charge in [-0.25, -0.2) is 4.79 Å². The third-order valence-corrected chi connectivity index (χ3v) is 3.86. The predicted octanol–water partition coefficient (Wildman–Crippen LogP) is -0.740. The van der Waals surface area contributed by atoms with E-state index in [9.17, 15) is 9.59 Å². The van der Waals surface area contributed by atoms with Crippen molar-refractivity contribution in [2.24, 2.45) is 5.73 Å². The Hall–Kier alpha value is -1.21. The summed E-state index contributed by atoms with van der Waals surface area (Å²) < 4.78 is 5.02. The van der Waals surface area contributed by atoms with E-state index in [0.29, 0.717) is 11.4 Å². The minimum atomic E-state index is -1.09. The summed E-state index contributed by atoms with van der Waals surface area (Å²) >= 11 is 1.37. The minimum absolute atomic E-state index is 0.232. The molecule has 0 radical (unpaired) electrons. The maximum Gasteiger partial charge on any atom is 0.355 e. The molecule has 6 nitrogen and oxygen atoms in total. The van der Waals surface area contributed by atoms with E-state index in [-0.39, 0.29) is 6.10 Å². The lowest BCUT2D eigenvalue weighted by atomic mass is 10.1. The number of hydrogen-bond acceptors (Lipinski definition) is 6. The Morgan fingerprint density at radius 2 is 2.44 bits per heavy atom. The van der Waals surface area contributed by atoms with Crippen molar-refractivity contribution in [3.63, 3.8) is 0 Å². The Bertz CT molecular complexity index is 382. The van der Waals surface area contributed by atoms with Crippen molar-refractivity contribution in [2.75, 3.05) is 5.75 Å². The molecule has 7 heteroatoms. The Balaban J connectivity index is 2.15. The number of nitrogens with two attached hydrogens (primary N) is 1. The summed E-state index contributed by atoms with van der Waals surface area (Å²) in [5.41, 5.74) is 6.76. The van der Waals surface area contributed by atoms with Gasteiger partial charge in [0.1, 0.15) is 17.8 Å². The number of hydrogen-bond donors (Lipinski definition) is 3. The van der Waals surface area contributed by atoms with Crippen molar-refractivity contribution < 1.29 is 19.4 Å². The lowest BCUT2D eigenvalue weighted by molar-refractivity contribution is -0.140. The second kappa shape index (κ2) is 3.99. The topological polar surface area (TPSA) is 102 Å². The zero-order chi connectivity index (χ0) is 11.9. The molecule has 2 heterocycles. The number of nitrogens with one attached hydrogen (secondary N) is 1. The molecule has 0 saturated carbocycles. The maximum absolute atomic E-state index is 11.4. The van der Waals surface area contributed by atoms with Crippen LogP contribution in [0.5, 0.6) is 0 Å². The predicted molar refractivity (Wildman–Crippen MR) is 57.6 cm³/mol. The molecule has 0 fully saturated rings. The summed E-state index contributed by atoms with van der Waals surface area (Å²) in [6.45, 7) is 1.79. The van der Waals surface area contributed by atoms with Crippen LogP contribution in [-0.2, 0) is 14.3 Å². The zero-order valence-corrected chi connectivity index (χ0v) is 9.41. The summed E-state index contributed by atoms with van der Waals surface area (Å²) in [6, 6.07) is -1.04. The fourth-order valence-electron chi connectivity index (χ4n) is 1.65. The molecular weight excluding hydrogens is 232 g/mol. The molecule has 0 bridgehead atoms. The van der Waals surface area contributed by atoms with E-state index in [2.05, 4.69) is 5.32 Å². The summed E-state index contributed by atoms with van der Waals surface area (Å²) in [5, 5.41) is 11.1. The van der Waals surface area contributed by atoms with Gasteiger partial charge in [-0.1, -0.05) is 0 Å². The van der Waals surface area contributed by atoms with Crippen LogP contribution in [-0.4, -0.2) is 40.3 Å². The van der Waals surface area contributed by atoms with Crippen LogP contribution in [0, 0.1) is 0 Å². The Morgan fingerprint density at radius 1 is 1.75 bits per heavy atom. The van der Waals surface area contributed by atoms with Crippen molar-refractivity contribution >= 4 is 23.7 Å². The maximum atomic E-state index is 11.4. The highest BCUT2D eigenvalue weighted by atomic mass is 32.2. The zero-order valence-electron chi connectivity index (χ0n) is 8.60. The van der Waals surface area contributed by atoms with Crippen LogP contribution in [0.1, 0.15) is 6.92 Å². The van der Waals surface area contributed by atoms with Gasteiger partial charge in [-0.15, -0.1) is 11.8 Å². The molecular formula is C9H12N2O4S. The number of carboxylic acids is 1. The van der Waals surface area contributed by atoms with E-state index in [1.807, 2.05) is 0 Å². The molecule has 2 aliphatic rings. The number of aliphatic carboxylic acids is 1. The first-order valence-electron chi connectivity index (χ1n) is 4.81. The summed E-state index contributed by atoms with van der Waals surface area (Å²) in [5.74, 6) is -0.945. The summed E-state index contributed by atoms with van der Waals surface area (Å²) in [4.78, 5) is 22.1. The number of ether oxygens (including phenoxy) is 1. The van der Waals surface area contributed by atoms with Crippen molar-refractivity contribution in [1.82, 2.24) is 5.32 Å². The average Bonchev–Trinajstić information content (AvgIpc) is 2.53. The molecule has 0 aromatic rings. The van der Waals surface area contributed by atoms with Crippen LogP contribution >= 0.6 is 11.8 Å². The molecule has 0 aliphatic carbocycles. The van der Waals surface area contributed by atoms with E-state index in [1.54, 1.807) is 6.92 Å². The van der Waals surface area contributed by atoms with Crippen molar-refractivity contribution in [1.29, 1.82) is 0 Å². The number of esters is 1. The Kier molecular flexibility index (Phi) is 2.81. The van der Waals surface area contributed by atoms with Gasteiger partial charge >= 0.3 is 11.9 Å². The molecule has 2 aliphatic heterocycles. The lowest BCUT2D eigenvalue weighted by Gasteiger charge is -2.27. The van der Waals surface area contributed by atoms with Crippen LogP contribution < -0.4 is 11.1 Å². The molecule has 0 aromatic heterocycles. The van der Waals surface area contributed by atoms with Gasteiger partial charge < -0.3 is 20.9 Å². The molecule has 0 aromatic carbocycles. The monoisotopic (exact) mass is 244 g/mol. The molecule has 4 N–H and O–H groups in total. The van der Waals surface area contributed by atoms with Gasteiger partial charge in [0.15, 0.2) is 0 Å². The van der Waals surface area contributed by atoms with Crippen LogP contribution in [0.15, 0.2) is 11.3 Å². The van der Waals surface area contributed by atoms with E-state index < -0.39 is 23.4 Å². The minimum Gasteiger partial charge on any atom is -0.480 e. The van der Waals surface area contributed by atoms with Gasteiger partial charge in [-0.2, -0.15) is 0 Å². The van der Waals surface area contributed by atoms with E-state index in [0.717, 1.165) is 5.57 Å². The molecule has 2 rings (SSSR count). The summed E-state index contributed by atoms with van der Waals surface area (Å²) in [6.07, 6.45) is -0.232. The van der Waals surface area contributed by atoms with Crippen LogP contribution in [0.2, 0.25) is 0 Å². The Labute approximate surface area is 96.2 Å². The first-order chi connectivity index (χ1) is 7.50. The third-order valence-electron chi connectivity index (χ3n) is 2.62. The first-order valence-corrected chi connectivity index (χ1v) is 5.86. The number of carbonyl (C=O) groups is 2. The molecule has 1 unspecified atom stereocenters. The fraction of sp³-hybridized carbons (Fsp3) is 0.556. The fourth-order valence-corrected chi connectivity index (χ4v) is 2.92. The number of cyclic esters (lactones) is 1. The average molecular weight is 244 g/mol. The van der Waals surface area contributed by atoms with Gasteiger partial charge in [-0.3, -0.25) is 4.79 Å².